The molecule has 1 aromatic carbocycles. The highest BCUT2D eigenvalue weighted by molar-refractivity contribution is 5.97. The smallest absolute Gasteiger partial charge is 0.271 e. The second-order valence-electron chi connectivity index (χ2n) is 10.9. The standard InChI is InChI=1S/C32H20N4O10/c1-46-17-10-16(37)19-20(24(17)38)26(40)22-21(25(19)39)28(42)32(29(22)43)5-2-13-8-14-9-15(35-31(45)18(14)27(41)23(13)32)11-34-36-30(44)12-3-6-33-7-4-12/h3-4,6-11,41-43H,2,5H2,1H3,(H,35,45)(H,36,44)/b34-11+. The number of carbonyl (C=O) groups excluding carboxylic acids is 1. The Hall–Kier alpha value is -6.44. The Labute approximate surface area is 253 Å². The molecular weight excluding hydrogens is 600 g/mol. The molecule has 1 atom stereocenters. The van der Waals surface area contributed by atoms with Gasteiger partial charge in [-0.25, -0.2) is 5.43 Å². The normalized spacial score (nSPS) is 16.9. The van der Waals surface area contributed by atoms with E-state index >= 15 is 0 Å². The Kier molecular flexibility index (Phi) is 6.03. The summed E-state index contributed by atoms with van der Waals surface area (Å²) in [5.74, 6) is -3.18. The number of aryl methyl sites for hydroxylation is 1. The zero-order valence-electron chi connectivity index (χ0n) is 23.6. The van der Waals surface area contributed by atoms with Gasteiger partial charge in [0.1, 0.15) is 22.7 Å². The van der Waals surface area contributed by atoms with Crippen LogP contribution in [0.3, 0.4) is 0 Å². The molecule has 228 valence electrons. The molecule has 1 spiro atoms. The Morgan fingerprint density at radius 3 is 2.30 bits per heavy atom. The van der Waals surface area contributed by atoms with E-state index in [2.05, 4.69) is 20.5 Å². The average molecular weight is 621 g/mol. The van der Waals surface area contributed by atoms with Gasteiger partial charge in [-0.3, -0.25) is 33.8 Å². The van der Waals surface area contributed by atoms with E-state index in [1.54, 1.807) is 6.07 Å². The monoisotopic (exact) mass is 620 g/mol. The number of hydrogen-bond donors (Lipinski definition) is 5. The summed E-state index contributed by atoms with van der Waals surface area (Å²) in [5.41, 5.74) is -4.00. The first-order valence-electron chi connectivity index (χ1n) is 13.7. The van der Waals surface area contributed by atoms with Crippen LogP contribution in [0.4, 0.5) is 0 Å². The Balaban J connectivity index is 1.41. The Morgan fingerprint density at radius 2 is 1.63 bits per heavy atom. The number of aromatic nitrogens is 2. The summed E-state index contributed by atoms with van der Waals surface area (Å²) in [5, 5.41) is 35.7. The van der Waals surface area contributed by atoms with Gasteiger partial charge in [0.15, 0.2) is 11.2 Å². The fourth-order valence-electron chi connectivity index (χ4n) is 6.57. The number of amides is 1. The number of nitrogens with zero attached hydrogens (tertiary/aromatic N) is 2. The number of hydrazone groups is 1. The molecule has 0 saturated heterocycles. The van der Waals surface area contributed by atoms with Crippen molar-refractivity contribution in [1.82, 2.24) is 15.4 Å². The minimum Gasteiger partial charge on any atom is -0.510 e. The molecule has 0 saturated carbocycles. The molecule has 3 aromatic rings. The van der Waals surface area contributed by atoms with Gasteiger partial charge in [0.25, 0.3) is 11.5 Å². The van der Waals surface area contributed by atoms with E-state index in [0.717, 1.165) is 13.2 Å². The maximum absolute atomic E-state index is 13.6. The number of aromatic hydroxyl groups is 1. The zero-order chi connectivity index (χ0) is 32.7. The number of aliphatic hydroxyl groups excluding tert-OH is 2. The second-order valence-corrected chi connectivity index (χ2v) is 10.9. The van der Waals surface area contributed by atoms with Crippen LogP contribution in [0.1, 0.15) is 33.6 Å². The van der Waals surface area contributed by atoms with Crippen LogP contribution in [0.5, 0.6) is 11.5 Å². The SMILES string of the molecule is COc1cc(=O)c2c(=O)c3c(c(=O)c=2c1=O)=C(O)C1(CCc2cc4cc(/C=N/NC(=O)c5ccncc5)[nH]c(=O)c4c(O)c21)C=3O. The number of carbonyl (C=O) groups is 1. The summed E-state index contributed by atoms with van der Waals surface area (Å²) in [4.78, 5) is 84.8. The maximum atomic E-state index is 13.6. The molecule has 14 heteroatoms. The number of aromatic amines is 1. The molecule has 2 heterocycles. The Morgan fingerprint density at radius 1 is 0.957 bits per heavy atom. The van der Waals surface area contributed by atoms with Gasteiger partial charge in [0, 0.05) is 29.6 Å². The summed E-state index contributed by atoms with van der Waals surface area (Å²) in [6.45, 7) is 0. The number of benzene rings is 1. The molecule has 1 amide bonds. The van der Waals surface area contributed by atoms with Crippen molar-refractivity contribution in [3.8, 4) is 11.5 Å². The van der Waals surface area contributed by atoms with Crippen molar-refractivity contribution in [2.45, 2.75) is 18.3 Å². The first-order valence-corrected chi connectivity index (χ1v) is 13.7. The summed E-state index contributed by atoms with van der Waals surface area (Å²) < 4.78 is 4.89. The van der Waals surface area contributed by atoms with Gasteiger partial charge >= 0.3 is 0 Å². The van der Waals surface area contributed by atoms with E-state index < -0.39 is 82.5 Å². The molecule has 0 radical (unpaired) electrons. The molecule has 14 nitrogen and oxygen atoms in total. The lowest BCUT2D eigenvalue weighted by molar-refractivity contribution is 0.0955. The number of pyridine rings is 2. The number of fused-ring (bicyclic) bond motifs is 4. The molecule has 0 fully saturated rings. The van der Waals surface area contributed by atoms with Crippen LogP contribution in [-0.2, 0) is 11.8 Å². The van der Waals surface area contributed by atoms with Crippen molar-refractivity contribution in [3.63, 3.8) is 0 Å². The van der Waals surface area contributed by atoms with Gasteiger partial charge in [-0.15, -0.1) is 0 Å². The van der Waals surface area contributed by atoms with Crippen molar-refractivity contribution in [1.29, 1.82) is 0 Å². The summed E-state index contributed by atoms with van der Waals surface area (Å²) in [6, 6.07) is 6.78. The van der Waals surface area contributed by atoms with Gasteiger partial charge < -0.3 is 25.0 Å². The largest absolute Gasteiger partial charge is 0.510 e. The number of phenols is 1. The predicted octanol–water partition coefficient (Wildman–Crippen LogP) is -1.33. The highest BCUT2D eigenvalue weighted by Crippen LogP contribution is 2.54. The van der Waals surface area contributed by atoms with Crippen LogP contribution in [0.15, 0.2) is 71.8 Å². The number of nitrogens with one attached hydrogen (secondary N) is 2. The van der Waals surface area contributed by atoms with E-state index in [-0.39, 0.29) is 34.9 Å². The van der Waals surface area contributed by atoms with Crippen LogP contribution in [0.25, 0.3) is 22.3 Å². The molecule has 0 aliphatic heterocycles. The van der Waals surface area contributed by atoms with Gasteiger partial charge in [-0.05, 0) is 42.0 Å². The van der Waals surface area contributed by atoms with Crippen molar-refractivity contribution in [3.05, 3.63) is 137 Å². The molecule has 0 bridgehead atoms. The first-order chi connectivity index (χ1) is 22.0. The van der Waals surface area contributed by atoms with Crippen molar-refractivity contribution >= 4 is 34.4 Å². The summed E-state index contributed by atoms with van der Waals surface area (Å²) in [7, 11) is 1.11. The van der Waals surface area contributed by atoms with Crippen LogP contribution in [-0.4, -0.2) is 44.5 Å². The minimum absolute atomic E-state index is 0.104. The molecule has 46 heavy (non-hydrogen) atoms. The van der Waals surface area contributed by atoms with Gasteiger partial charge in [-0.2, -0.15) is 5.10 Å². The number of hydrogen-bond acceptors (Lipinski definition) is 12. The van der Waals surface area contributed by atoms with Crippen LogP contribution >= 0.6 is 0 Å². The average Bonchev–Trinajstić information content (AvgIpc) is 3.53. The molecule has 5 N–H and O–H groups in total. The maximum Gasteiger partial charge on any atom is 0.271 e. The topological polar surface area (TPSA) is 225 Å². The second kappa shape index (κ2) is 9.79. The van der Waals surface area contributed by atoms with Crippen molar-refractivity contribution in [2.24, 2.45) is 5.10 Å². The van der Waals surface area contributed by atoms with Crippen LogP contribution < -0.4 is 47.9 Å². The molecule has 4 aliphatic rings. The molecule has 1 unspecified atom stereocenters. The number of methoxy groups -OCH3 is 1. The number of ether oxygens (including phenoxy) is 1. The predicted molar refractivity (Wildman–Crippen MR) is 163 cm³/mol. The minimum atomic E-state index is -2.01. The third kappa shape index (κ3) is 3.63. The van der Waals surface area contributed by atoms with Gasteiger partial charge in [-0.1, -0.05) is 6.07 Å². The lowest BCUT2D eigenvalue weighted by Crippen LogP contribution is -2.51. The zero-order valence-corrected chi connectivity index (χ0v) is 23.6. The van der Waals surface area contributed by atoms with E-state index in [4.69, 9.17) is 4.74 Å². The number of rotatable bonds is 4. The van der Waals surface area contributed by atoms with Gasteiger partial charge in [0.2, 0.25) is 16.3 Å². The third-order valence-corrected chi connectivity index (χ3v) is 8.59. The third-order valence-electron chi connectivity index (χ3n) is 8.59. The molecule has 4 aliphatic carbocycles. The summed E-state index contributed by atoms with van der Waals surface area (Å²) >= 11 is 0. The molecular formula is C32H20N4O10. The fraction of sp³-hybridized carbons (Fsp3) is 0.125. The lowest BCUT2D eigenvalue weighted by atomic mass is 9.78. The van der Waals surface area contributed by atoms with E-state index in [1.165, 1.54) is 36.8 Å². The highest BCUT2D eigenvalue weighted by atomic mass is 16.5. The van der Waals surface area contributed by atoms with Gasteiger partial charge in [0.05, 0.1) is 45.3 Å². The van der Waals surface area contributed by atoms with Crippen LogP contribution in [0, 0.1) is 10.4 Å². The van der Waals surface area contributed by atoms with Crippen molar-refractivity contribution in [2.75, 3.05) is 7.11 Å². The quantitative estimate of drug-likeness (QED) is 0.117. The molecule has 7 rings (SSSR count). The van der Waals surface area contributed by atoms with E-state index in [0.29, 0.717) is 11.1 Å². The van der Waals surface area contributed by atoms with Crippen LogP contribution in [0.2, 0.25) is 0 Å². The van der Waals surface area contributed by atoms with E-state index in [9.17, 15) is 44.1 Å². The number of phenolic OH excluding ortho intramolecular Hbond substituents is 1. The molecule has 2 aromatic heterocycles. The number of aliphatic hydroxyl groups is 2. The lowest BCUT2D eigenvalue weighted by Gasteiger charge is -2.27. The first kappa shape index (κ1) is 28.3. The van der Waals surface area contributed by atoms with Crippen molar-refractivity contribution < 1.29 is 24.9 Å². The number of H-pyrrole nitrogens is 1. The Bertz CT molecular complexity index is 2710. The van der Waals surface area contributed by atoms with E-state index in [1.807, 2.05) is 0 Å². The highest BCUT2D eigenvalue weighted by Gasteiger charge is 2.53. The fourth-order valence-corrected chi connectivity index (χ4v) is 6.57. The summed E-state index contributed by atoms with van der Waals surface area (Å²) in [6.07, 6.45) is 4.07.